The van der Waals surface area contributed by atoms with Gasteiger partial charge in [0.05, 0.1) is 5.69 Å². The van der Waals surface area contributed by atoms with Gasteiger partial charge in [-0.05, 0) is 12.1 Å². The van der Waals surface area contributed by atoms with Gasteiger partial charge in [-0.1, -0.05) is 23.3 Å². The van der Waals surface area contributed by atoms with Crippen LogP contribution in [0.2, 0.25) is 0 Å². The molecule has 6 heteroatoms. The average molecular weight is 248 g/mol. The lowest BCUT2D eigenvalue weighted by Crippen LogP contribution is -3.12. The van der Waals surface area contributed by atoms with Crippen molar-refractivity contribution in [1.82, 2.24) is 5.43 Å². The van der Waals surface area contributed by atoms with Crippen LogP contribution in [0.25, 0.3) is 0 Å². The van der Waals surface area contributed by atoms with E-state index in [-0.39, 0.29) is 12.4 Å². The van der Waals surface area contributed by atoms with Crippen molar-refractivity contribution in [2.45, 2.75) is 0 Å². The van der Waals surface area contributed by atoms with E-state index in [4.69, 9.17) is 0 Å². The zero-order valence-electron chi connectivity index (χ0n) is 8.84. The minimum atomic E-state index is 0. The summed E-state index contributed by atoms with van der Waals surface area (Å²) in [6.45, 7) is 0. The van der Waals surface area contributed by atoms with Gasteiger partial charge in [-0.15, -0.1) is 0 Å². The monoisotopic (exact) mass is 247 g/mol. The molecule has 0 saturated heterocycles. The highest BCUT2D eigenvalue weighted by molar-refractivity contribution is 5.97. The lowest BCUT2D eigenvalue weighted by atomic mass is 10.3. The van der Waals surface area contributed by atoms with Gasteiger partial charge in [-0.2, -0.15) is 14.9 Å². The van der Waals surface area contributed by atoms with E-state index in [0.717, 1.165) is 16.5 Å². The third-order valence-corrected chi connectivity index (χ3v) is 2.31. The summed E-state index contributed by atoms with van der Waals surface area (Å²) < 4.78 is 0. The molecule has 2 aliphatic heterocycles. The molecular weight excluding hydrogens is 238 g/mol. The molecule has 0 saturated carbocycles. The molecule has 1 unspecified atom stereocenters. The van der Waals surface area contributed by atoms with E-state index in [1.165, 1.54) is 0 Å². The number of benzene rings is 1. The summed E-state index contributed by atoms with van der Waals surface area (Å²) in [4.78, 5) is 9.55. The molecule has 0 aromatic heterocycles. The van der Waals surface area contributed by atoms with Crippen LogP contribution in [0.1, 0.15) is 0 Å². The lowest BCUT2D eigenvalue weighted by Gasteiger charge is -2.06. The van der Waals surface area contributed by atoms with Crippen LogP contribution in [0.4, 0.5) is 5.69 Å². The number of quaternary nitrogens is 1. The summed E-state index contributed by atoms with van der Waals surface area (Å²) in [5, 5.41) is 4.08. The van der Waals surface area contributed by atoms with Crippen molar-refractivity contribution in [2.24, 2.45) is 15.1 Å². The molecule has 0 amide bonds. The Bertz CT molecular complexity index is 518. The second-order valence-corrected chi connectivity index (χ2v) is 3.39. The molecule has 0 spiro atoms. The third-order valence-electron chi connectivity index (χ3n) is 2.31. The minimum Gasteiger partial charge on any atom is -1.00 e. The van der Waals surface area contributed by atoms with E-state index in [2.05, 4.69) is 20.5 Å². The van der Waals surface area contributed by atoms with Crippen LogP contribution in [-0.4, -0.2) is 18.1 Å². The van der Waals surface area contributed by atoms with Crippen molar-refractivity contribution >= 4 is 23.8 Å². The first kappa shape index (κ1) is 11.5. The predicted molar refractivity (Wildman–Crippen MR) is 62.7 cm³/mol. The fourth-order valence-corrected chi connectivity index (χ4v) is 1.55. The quantitative estimate of drug-likeness (QED) is 0.547. The molecule has 5 nitrogen and oxygen atoms in total. The molecule has 86 valence electrons. The van der Waals surface area contributed by atoms with E-state index in [0.29, 0.717) is 5.96 Å². The zero-order chi connectivity index (χ0) is 10.8. The van der Waals surface area contributed by atoms with Crippen molar-refractivity contribution in [1.29, 1.82) is 0 Å². The number of allylic oxidation sites excluding steroid dienone is 1. The second kappa shape index (κ2) is 4.90. The van der Waals surface area contributed by atoms with Gasteiger partial charge >= 0.3 is 11.9 Å². The van der Waals surface area contributed by atoms with Crippen LogP contribution in [0.15, 0.2) is 57.7 Å². The highest BCUT2D eigenvalue weighted by Crippen LogP contribution is 2.09. The molecule has 1 atom stereocenters. The summed E-state index contributed by atoms with van der Waals surface area (Å²) in [5.74, 6) is 1.44. The molecule has 1 aromatic rings. The number of hydrogen-bond donors (Lipinski definition) is 2. The van der Waals surface area contributed by atoms with Crippen molar-refractivity contribution in [3.05, 3.63) is 42.6 Å². The van der Waals surface area contributed by atoms with Gasteiger partial charge in [0.15, 0.2) is 0 Å². The van der Waals surface area contributed by atoms with Crippen molar-refractivity contribution in [3.63, 3.8) is 0 Å². The first-order valence-corrected chi connectivity index (χ1v) is 4.99. The number of nitrogens with one attached hydrogen (secondary N) is 2. The Morgan fingerprint density at radius 1 is 1.18 bits per heavy atom. The zero-order valence-corrected chi connectivity index (χ0v) is 9.59. The van der Waals surface area contributed by atoms with Gasteiger partial charge in [0.2, 0.25) is 0 Å². The number of nitrogens with zero attached hydrogens (tertiary/aromatic N) is 3. The van der Waals surface area contributed by atoms with E-state index in [9.17, 15) is 0 Å². The van der Waals surface area contributed by atoms with Crippen molar-refractivity contribution in [2.75, 3.05) is 0 Å². The van der Waals surface area contributed by atoms with E-state index in [1.807, 2.05) is 42.6 Å². The molecule has 1 aromatic carbocycles. The highest BCUT2D eigenvalue weighted by Gasteiger charge is 2.29. The number of halogens is 1. The smallest absolute Gasteiger partial charge is 0.356 e. The molecule has 0 bridgehead atoms. The fourth-order valence-electron chi connectivity index (χ4n) is 1.55. The molecule has 2 heterocycles. The third kappa shape index (κ3) is 2.25. The van der Waals surface area contributed by atoms with Gasteiger partial charge < -0.3 is 12.4 Å². The maximum atomic E-state index is 4.47. The molecule has 0 fully saturated rings. The number of para-hydroxylation sites is 1. The van der Waals surface area contributed by atoms with Crippen molar-refractivity contribution in [3.8, 4) is 0 Å². The van der Waals surface area contributed by atoms with Crippen molar-refractivity contribution < 1.29 is 17.3 Å². The van der Waals surface area contributed by atoms with Crippen LogP contribution < -0.4 is 22.7 Å². The topological polar surface area (TPSA) is 53.5 Å². The number of guanidine groups is 2. The molecule has 3 rings (SSSR count). The summed E-state index contributed by atoms with van der Waals surface area (Å²) in [7, 11) is 0. The summed E-state index contributed by atoms with van der Waals surface area (Å²) in [5.41, 5.74) is 3.78. The first-order chi connectivity index (χ1) is 7.93. The minimum absolute atomic E-state index is 0. The Morgan fingerprint density at radius 3 is 2.82 bits per heavy atom. The molecule has 0 aliphatic carbocycles. The number of fused-ring (bicyclic) bond motifs is 1. The maximum Gasteiger partial charge on any atom is 0.356 e. The van der Waals surface area contributed by atoms with Crippen LogP contribution in [0, 0.1) is 0 Å². The van der Waals surface area contributed by atoms with Gasteiger partial charge in [-0.25, -0.2) is 5.43 Å². The van der Waals surface area contributed by atoms with Gasteiger partial charge in [0, 0.05) is 12.3 Å². The normalized spacial score (nSPS) is 22.7. The molecule has 2 aliphatic rings. The van der Waals surface area contributed by atoms with Crippen LogP contribution >= 0.6 is 0 Å². The highest BCUT2D eigenvalue weighted by atomic mass is 35.5. The summed E-state index contributed by atoms with van der Waals surface area (Å²) in [6, 6.07) is 9.77. The summed E-state index contributed by atoms with van der Waals surface area (Å²) >= 11 is 0. The second-order valence-electron chi connectivity index (χ2n) is 3.39. The Labute approximate surface area is 105 Å². The molecule has 0 radical (unpaired) electrons. The maximum absolute atomic E-state index is 4.47. The van der Waals surface area contributed by atoms with Crippen LogP contribution in [0.3, 0.4) is 0 Å². The fraction of sp³-hybridized carbons (Fsp3) is 0. The van der Waals surface area contributed by atoms with E-state index in [1.54, 1.807) is 6.21 Å². The largest absolute Gasteiger partial charge is 1.00 e. The Kier molecular flexibility index (Phi) is 3.32. The van der Waals surface area contributed by atoms with E-state index >= 15 is 0 Å². The predicted octanol–water partition coefficient (Wildman–Crippen LogP) is -2.96. The van der Waals surface area contributed by atoms with Crippen LogP contribution in [0.5, 0.6) is 0 Å². The SMILES string of the molecule is C1=C[NH+]2C(=NNC2=Nc2ccccc2)N=C1.[Cl-]. The molecular formula is C11H10ClN5. The van der Waals surface area contributed by atoms with Gasteiger partial charge in [0.25, 0.3) is 0 Å². The number of rotatable bonds is 1. The number of hydrogen-bond acceptors (Lipinski definition) is 3. The van der Waals surface area contributed by atoms with Crippen LogP contribution in [-0.2, 0) is 0 Å². The van der Waals surface area contributed by atoms with E-state index < -0.39 is 0 Å². The first-order valence-electron chi connectivity index (χ1n) is 4.99. The molecule has 17 heavy (non-hydrogen) atoms. The van der Waals surface area contributed by atoms with Gasteiger partial charge in [-0.3, -0.25) is 0 Å². The Morgan fingerprint density at radius 2 is 2.00 bits per heavy atom. The number of aliphatic imine (C=N–C) groups is 2. The Balaban J connectivity index is 0.00000108. The standard InChI is InChI=1S/C11H9N5.ClH/c1-2-5-9(6-3-1)13-11-15-14-10-12-7-4-8-16(10)11;/h1-8H,(H,13,15);1H. The lowest BCUT2D eigenvalue weighted by molar-refractivity contribution is -0.635. The Hall–Kier alpha value is -1.98. The summed E-state index contributed by atoms with van der Waals surface area (Å²) in [6.07, 6.45) is 5.55. The van der Waals surface area contributed by atoms with Gasteiger partial charge in [0.1, 0.15) is 6.20 Å². The molecule has 2 N–H and O–H groups in total. The average Bonchev–Trinajstić information content (AvgIpc) is 2.74. The number of hydrazone groups is 1.